The van der Waals surface area contributed by atoms with Crippen molar-refractivity contribution in [3.8, 4) is 0 Å². The van der Waals surface area contributed by atoms with Gasteiger partial charge in [0.2, 0.25) is 0 Å². The van der Waals surface area contributed by atoms with Crippen molar-refractivity contribution in [3.05, 3.63) is 34.9 Å². The molecule has 4 nitrogen and oxygen atoms in total. The standard InChI is InChI=1S/C16H22N2O2/c1-11(19)14-5-7-18(10-14)16(20)13-3-2-12-4-6-17-9-15(12)8-13/h2-3,8,11,14,17,19H,4-7,9-10H2,1H3. The smallest absolute Gasteiger partial charge is 0.253 e. The number of nitrogens with one attached hydrogen (secondary N) is 1. The Bertz CT molecular complexity index is 513. The minimum absolute atomic E-state index is 0.0986. The number of fused-ring (bicyclic) bond motifs is 1. The predicted molar refractivity (Wildman–Crippen MR) is 77.5 cm³/mol. The summed E-state index contributed by atoms with van der Waals surface area (Å²) in [5.74, 6) is 0.319. The van der Waals surface area contributed by atoms with Gasteiger partial charge in [-0.05, 0) is 49.6 Å². The van der Waals surface area contributed by atoms with Gasteiger partial charge in [-0.2, -0.15) is 0 Å². The number of aliphatic hydroxyl groups is 1. The molecule has 4 heteroatoms. The summed E-state index contributed by atoms with van der Waals surface area (Å²) < 4.78 is 0. The van der Waals surface area contributed by atoms with Crippen LogP contribution in [0, 0.1) is 5.92 Å². The molecule has 0 saturated carbocycles. The molecule has 2 N–H and O–H groups in total. The lowest BCUT2D eigenvalue weighted by molar-refractivity contribution is 0.0762. The van der Waals surface area contributed by atoms with E-state index >= 15 is 0 Å². The van der Waals surface area contributed by atoms with Gasteiger partial charge in [0, 0.05) is 31.1 Å². The Balaban J connectivity index is 1.74. The van der Waals surface area contributed by atoms with Crippen molar-refractivity contribution in [2.45, 2.75) is 32.4 Å². The highest BCUT2D eigenvalue weighted by molar-refractivity contribution is 5.94. The molecule has 0 aromatic heterocycles. The second kappa shape index (κ2) is 5.54. The highest BCUT2D eigenvalue weighted by atomic mass is 16.3. The lowest BCUT2D eigenvalue weighted by Crippen LogP contribution is -2.31. The van der Waals surface area contributed by atoms with Gasteiger partial charge in [-0.3, -0.25) is 4.79 Å². The van der Waals surface area contributed by atoms with E-state index in [0.29, 0.717) is 6.54 Å². The van der Waals surface area contributed by atoms with Crippen LogP contribution < -0.4 is 5.32 Å². The molecule has 0 spiro atoms. The van der Waals surface area contributed by atoms with Crippen LogP contribution in [0.4, 0.5) is 0 Å². The van der Waals surface area contributed by atoms with Crippen LogP contribution in [0.25, 0.3) is 0 Å². The number of carbonyl (C=O) groups is 1. The number of nitrogens with zero attached hydrogens (tertiary/aromatic N) is 1. The molecular formula is C16H22N2O2. The fraction of sp³-hybridized carbons (Fsp3) is 0.562. The Morgan fingerprint density at radius 3 is 3.05 bits per heavy atom. The van der Waals surface area contributed by atoms with Crippen LogP contribution in [0.3, 0.4) is 0 Å². The summed E-state index contributed by atoms with van der Waals surface area (Å²) in [5, 5.41) is 13.0. The Kier molecular flexibility index (Phi) is 3.76. The molecule has 2 unspecified atom stereocenters. The third kappa shape index (κ3) is 2.58. The van der Waals surface area contributed by atoms with Gasteiger partial charge < -0.3 is 15.3 Å². The Morgan fingerprint density at radius 2 is 2.30 bits per heavy atom. The molecule has 1 aromatic rings. The van der Waals surface area contributed by atoms with Gasteiger partial charge in [-0.15, -0.1) is 0 Å². The third-order valence-electron chi connectivity index (χ3n) is 4.53. The van der Waals surface area contributed by atoms with Gasteiger partial charge in [0.05, 0.1) is 6.10 Å². The lowest BCUT2D eigenvalue weighted by Gasteiger charge is -2.21. The third-order valence-corrected chi connectivity index (χ3v) is 4.53. The molecule has 1 aromatic carbocycles. The molecule has 2 aliphatic heterocycles. The number of hydrogen-bond acceptors (Lipinski definition) is 3. The maximum atomic E-state index is 12.5. The summed E-state index contributed by atoms with van der Waals surface area (Å²) in [4.78, 5) is 14.4. The maximum Gasteiger partial charge on any atom is 0.253 e. The van der Waals surface area contributed by atoms with Crippen molar-refractivity contribution in [3.63, 3.8) is 0 Å². The monoisotopic (exact) mass is 274 g/mol. The SMILES string of the molecule is CC(O)C1CCN(C(=O)c2ccc3c(c2)CNCC3)C1. The first kappa shape index (κ1) is 13.6. The molecule has 1 saturated heterocycles. The van der Waals surface area contributed by atoms with E-state index in [0.717, 1.165) is 38.0 Å². The lowest BCUT2D eigenvalue weighted by atomic mass is 9.98. The van der Waals surface area contributed by atoms with E-state index in [-0.39, 0.29) is 17.9 Å². The summed E-state index contributed by atoms with van der Waals surface area (Å²) in [6.45, 7) is 5.11. The zero-order valence-corrected chi connectivity index (χ0v) is 11.9. The fourth-order valence-electron chi connectivity index (χ4n) is 3.16. The Hall–Kier alpha value is -1.39. The molecule has 20 heavy (non-hydrogen) atoms. The molecule has 0 bridgehead atoms. The number of amides is 1. The first-order valence-corrected chi connectivity index (χ1v) is 7.45. The maximum absolute atomic E-state index is 12.5. The minimum Gasteiger partial charge on any atom is -0.393 e. The van der Waals surface area contributed by atoms with Crippen LogP contribution >= 0.6 is 0 Å². The van der Waals surface area contributed by atoms with Gasteiger partial charge in [0.25, 0.3) is 5.91 Å². The quantitative estimate of drug-likeness (QED) is 0.851. The molecule has 2 aliphatic rings. The minimum atomic E-state index is -0.333. The first-order valence-electron chi connectivity index (χ1n) is 7.45. The van der Waals surface area contributed by atoms with E-state index in [2.05, 4.69) is 11.4 Å². The van der Waals surface area contributed by atoms with Crippen LogP contribution in [-0.4, -0.2) is 41.7 Å². The molecule has 0 radical (unpaired) electrons. The number of rotatable bonds is 2. The number of hydrogen-bond donors (Lipinski definition) is 2. The van der Waals surface area contributed by atoms with Gasteiger partial charge in [-0.25, -0.2) is 0 Å². The second-order valence-corrected chi connectivity index (χ2v) is 5.95. The van der Waals surface area contributed by atoms with Gasteiger partial charge in [0.1, 0.15) is 0 Å². The molecule has 108 valence electrons. The van der Waals surface area contributed by atoms with E-state index in [1.165, 1.54) is 11.1 Å². The highest BCUT2D eigenvalue weighted by Gasteiger charge is 2.29. The average Bonchev–Trinajstić information content (AvgIpc) is 2.96. The molecule has 3 rings (SSSR count). The summed E-state index contributed by atoms with van der Waals surface area (Å²) in [7, 11) is 0. The van der Waals surface area contributed by atoms with E-state index in [9.17, 15) is 9.90 Å². The summed E-state index contributed by atoms with van der Waals surface area (Å²) in [6, 6.07) is 6.06. The number of likely N-dealkylation sites (tertiary alicyclic amines) is 1. The Morgan fingerprint density at radius 1 is 1.45 bits per heavy atom. The largest absolute Gasteiger partial charge is 0.393 e. The number of aliphatic hydroxyl groups excluding tert-OH is 1. The van der Waals surface area contributed by atoms with Crippen LogP contribution in [0.1, 0.15) is 34.8 Å². The van der Waals surface area contributed by atoms with E-state index in [1.807, 2.05) is 24.0 Å². The summed E-state index contributed by atoms with van der Waals surface area (Å²) >= 11 is 0. The Labute approximate surface area is 119 Å². The van der Waals surface area contributed by atoms with Crippen LogP contribution in [-0.2, 0) is 13.0 Å². The summed E-state index contributed by atoms with van der Waals surface area (Å²) in [5.41, 5.74) is 3.37. The molecule has 2 heterocycles. The predicted octanol–water partition coefficient (Wildman–Crippen LogP) is 1.18. The van der Waals surface area contributed by atoms with Crippen molar-refractivity contribution in [1.82, 2.24) is 10.2 Å². The van der Waals surface area contributed by atoms with E-state index < -0.39 is 0 Å². The topological polar surface area (TPSA) is 52.6 Å². The van der Waals surface area contributed by atoms with Crippen molar-refractivity contribution < 1.29 is 9.90 Å². The second-order valence-electron chi connectivity index (χ2n) is 5.95. The molecule has 1 amide bonds. The van der Waals surface area contributed by atoms with Crippen molar-refractivity contribution in [2.75, 3.05) is 19.6 Å². The van der Waals surface area contributed by atoms with Crippen molar-refractivity contribution in [2.24, 2.45) is 5.92 Å². The van der Waals surface area contributed by atoms with E-state index in [4.69, 9.17) is 0 Å². The van der Waals surface area contributed by atoms with Gasteiger partial charge in [0.15, 0.2) is 0 Å². The van der Waals surface area contributed by atoms with Crippen LogP contribution in [0.5, 0.6) is 0 Å². The van der Waals surface area contributed by atoms with Crippen LogP contribution in [0.2, 0.25) is 0 Å². The number of benzene rings is 1. The highest BCUT2D eigenvalue weighted by Crippen LogP contribution is 2.23. The molecule has 2 atom stereocenters. The molecular weight excluding hydrogens is 252 g/mol. The zero-order valence-electron chi connectivity index (χ0n) is 11.9. The molecule has 0 aliphatic carbocycles. The normalized spacial score (nSPS) is 23.5. The first-order chi connectivity index (χ1) is 9.65. The van der Waals surface area contributed by atoms with E-state index in [1.54, 1.807) is 0 Å². The average molecular weight is 274 g/mol. The van der Waals surface area contributed by atoms with Crippen molar-refractivity contribution >= 4 is 5.91 Å². The van der Waals surface area contributed by atoms with Crippen molar-refractivity contribution in [1.29, 1.82) is 0 Å². The number of carbonyl (C=O) groups excluding carboxylic acids is 1. The molecule has 1 fully saturated rings. The van der Waals surface area contributed by atoms with Gasteiger partial charge >= 0.3 is 0 Å². The summed E-state index contributed by atoms with van der Waals surface area (Å²) in [6.07, 6.45) is 1.61. The van der Waals surface area contributed by atoms with Crippen LogP contribution in [0.15, 0.2) is 18.2 Å². The zero-order chi connectivity index (χ0) is 14.1. The fourth-order valence-corrected chi connectivity index (χ4v) is 3.16. The van der Waals surface area contributed by atoms with Gasteiger partial charge in [-0.1, -0.05) is 6.07 Å².